The molecule has 1 unspecified atom stereocenters. The van der Waals surface area contributed by atoms with E-state index in [-0.39, 0.29) is 6.42 Å². The van der Waals surface area contributed by atoms with Gasteiger partial charge in [-0.2, -0.15) is 22.0 Å². The van der Waals surface area contributed by atoms with Crippen LogP contribution in [0.25, 0.3) is 0 Å². The van der Waals surface area contributed by atoms with Gasteiger partial charge in [-0.25, -0.2) is 9.59 Å². The number of methoxy groups -OCH3 is 1. The molecule has 0 radical (unpaired) electrons. The van der Waals surface area contributed by atoms with E-state index in [0.717, 1.165) is 0 Å². The minimum absolute atomic E-state index is 0.146. The van der Waals surface area contributed by atoms with Crippen LogP contribution in [0.1, 0.15) is 13.3 Å². The molecular formula is C12H19F5O5Si. The van der Waals surface area contributed by atoms with Gasteiger partial charge in [-0.1, -0.05) is 6.92 Å². The largest absolute Gasteiger partial charge is 0.466 e. The third kappa shape index (κ3) is 4.40. The summed E-state index contributed by atoms with van der Waals surface area (Å²) in [5.74, 6) is -10.1. The summed E-state index contributed by atoms with van der Waals surface area (Å²) in [5, 5.41) is 0. The zero-order chi connectivity index (χ0) is 18.7. The van der Waals surface area contributed by atoms with Crippen LogP contribution in [0.5, 0.6) is 0 Å². The number of carbonyl (C=O) groups excluding carboxylic acids is 2. The molecule has 0 rings (SSSR count). The Morgan fingerprint density at radius 2 is 1.48 bits per heavy atom. The molecule has 0 saturated heterocycles. The molecule has 0 aromatic carbocycles. The fourth-order valence-electron chi connectivity index (χ4n) is 1.59. The Bertz CT molecular complexity index is 446. The van der Waals surface area contributed by atoms with E-state index in [2.05, 4.69) is 9.47 Å². The minimum atomic E-state index is -6.23. The highest BCUT2D eigenvalue weighted by Gasteiger charge is 2.80. The van der Waals surface area contributed by atoms with Crippen molar-refractivity contribution >= 4 is 20.3 Å². The van der Waals surface area contributed by atoms with Gasteiger partial charge in [-0.05, 0) is 26.1 Å². The number of ether oxygens (including phenoxy) is 2. The molecule has 0 spiro atoms. The molecule has 11 heteroatoms. The Labute approximate surface area is 131 Å². The first-order valence-corrected chi connectivity index (χ1v) is 9.98. The summed E-state index contributed by atoms with van der Waals surface area (Å²) in [7, 11) is -2.67. The number of halogens is 5. The predicted octanol–water partition coefficient (Wildman–Crippen LogP) is 2.90. The first-order valence-electron chi connectivity index (χ1n) is 6.57. The maximum Gasteiger partial charge on any atom is 0.457 e. The van der Waals surface area contributed by atoms with Crippen LogP contribution in [0.2, 0.25) is 19.6 Å². The average molecular weight is 366 g/mol. The monoisotopic (exact) mass is 366 g/mol. The molecule has 5 nitrogen and oxygen atoms in total. The smallest absolute Gasteiger partial charge is 0.457 e. The van der Waals surface area contributed by atoms with Crippen molar-refractivity contribution in [2.24, 2.45) is 0 Å². The van der Waals surface area contributed by atoms with Crippen molar-refractivity contribution in [3.05, 3.63) is 0 Å². The quantitative estimate of drug-likeness (QED) is 0.300. The van der Waals surface area contributed by atoms with Crippen molar-refractivity contribution in [3.8, 4) is 0 Å². The number of esters is 2. The number of carbonyl (C=O) groups is 2. The van der Waals surface area contributed by atoms with Gasteiger partial charge in [0.25, 0.3) is 0 Å². The molecule has 0 aromatic rings. The second-order valence-corrected chi connectivity index (χ2v) is 10.0. The van der Waals surface area contributed by atoms with Crippen molar-refractivity contribution in [1.82, 2.24) is 0 Å². The molecule has 0 aliphatic rings. The van der Waals surface area contributed by atoms with Gasteiger partial charge < -0.3 is 13.9 Å². The maximum atomic E-state index is 14.1. The van der Waals surface area contributed by atoms with E-state index < -0.39 is 44.6 Å². The Morgan fingerprint density at radius 3 is 1.78 bits per heavy atom. The van der Waals surface area contributed by atoms with E-state index in [1.807, 2.05) is 0 Å². The van der Waals surface area contributed by atoms with Gasteiger partial charge in [-0.15, -0.1) is 0 Å². The summed E-state index contributed by atoms with van der Waals surface area (Å²) in [4.78, 5) is 23.8. The predicted molar refractivity (Wildman–Crippen MR) is 71.4 cm³/mol. The lowest BCUT2D eigenvalue weighted by atomic mass is 9.95. The van der Waals surface area contributed by atoms with Crippen LogP contribution < -0.4 is 0 Å². The van der Waals surface area contributed by atoms with E-state index in [1.54, 1.807) is 0 Å². The van der Waals surface area contributed by atoms with Crippen LogP contribution in [0.15, 0.2) is 0 Å². The third-order valence-corrected chi connectivity index (χ3v) is 3.37. The molecule has 0 N–H and O–H groups in total. The molecule has 0 aromatic heterocycles. The highest BCUT2D eigenvalue weighted by molar-refractivity contribution is 6.70. The summed E-state index contributed by atoms with van der Waals surface area (Å²) in [6.45, 7) is 4.76. The van der Waals surface area contributed by atoms with Crippen LogP contribution >= 0.6 is 0 Å². The molecule has 0 aliphatic carbocycles. The van der Waals surface area contributed by atoms with Gasteiger partial charge in [0.1, 0.15) is 0 Å². The summed E-state index contributed by atoms with van der Waals surface area (Å²) in [5.41, 5.74) is -4.24. The second kappa shape index (κ2) is 7.12. The van der Waals surface area contributed by atoms with Gasteiger partial charge in [0.15, 0.2) is 8.32 Å². The van der Waals surface area contributed by atoms with E-state index >= 15 is 0 Å². The van der Waals surface area contributed by atoms with Gasteiger partial charge in [0.2, 0.25) is 0 Å². The molecule has 0 amide bonds. The molecule has 1 atom stereocenters. The fraction of sp³-hybridized carbons (Fsp3) is 0.833. The van der Waals surface area contributed by atoms with Crippen molar-refractivity contribution in [2.45, 2.75) is 50.7 Å². The SMILES string of the molecule is CCCOC(=O)C(O[Si](C)(C)C)(C(=O)OC)C(F)(F)C(F)(F)F. The average Bonchev–Trinajstić information content (AvgIpc) is 2.38. The summed E-state index contributed by atoms with van der Waals surface area (Å²) in [6.07, 6.45) is -6.08. The lowest BCUT2D eigenvalue weighted by molar-refractivity contribution is -0.329. The highest BCUT2D eigenvalue weighted by atomic mass is 28.4. The van der Waals surface area contributed by atoms with E-state index in [0.29, 0.717) is 7.11 Å². The van der Waals surface area contributed by atoms with Crippen molar-refractivity contribution < 1.29 is 45.4 Å². The normalized spacial score (nSPS) is 15.7. The molecule has 0 bridgehead atoms. The minimum Gasteiger partial charge on any atom is -0.466 e. The second-order valence-electron chi connectivity index (χ2n) is 5.60. The summed E-state index contributed by atoms with van der Waals surface area (Å²) in [6, 6.07) is 0. The van der Waals surface area contributed by atoms with Gasteiger partial charge in [0.05, 0.1) is 13.7 Å². The maximum absolute atomic E-state index is 14.1. The Balaban J connectivity index is 6.39. The third-order valence-electron chi connectivity index (χ3n) is 2.46. The molecule has 0 aliphatic heterocycles. The molecule has 0 heterocycles. The highest BCUT2D eigenvalue weighted by Crippen LogP contribution is 2.47. The number of hydrogen-bond acceptors (Lipinski definition) is 5. The number of hydrogen-bond donors (Lipinski definition) is 0. The van der Waals surface area contributed by atoms with Crippen molar-refractivity contribution in [3.63, 3.8) is 0 Å². The molecule has 23 heavy (non-hydrogen) atoms. The van der Waals surface area contributed by atoms with Crippen molar-refractivity contribution in [1.29, 1.82) is 0 Å². The molecular weight excluding hydrogens is 347 g/mol. The van der Waals surface area contributed by atoms with Crippen LogP contribution in [0.3, 0.4) is 0 Å². The van der Waals surface area contributed by atoms with E-state index in [1.165, 1.54) is 26.6 Å². The molecule has 0 saturated carbocycles. The fourth-order valence-corrected chi connectivity index (χ4v) is 2.80. The Morgan fingerprint density at radius 1 is 1.00 bits per heavy atom. The van der Waals surface area contributed by atoms with E-state index in [9.17, 15) is 31.5 Å². The zero-order valence-corrected chi connectivity index (χ0v) is 14.3. The van der Waals surface area contributed by atoms with Gasteiger partial charge >= 0.3 is 29.6 Å². The zero-order valence-electron chi connectivity index (χ0n) is 13.3. The van der Waals surface area contributed by atoms with Crippen LogP contribution in [-0.4, -0.2) is 51.7 Å². The van der Waals surface area contributed by atoms with Crippen LogP contribution in [0, 0.1) is 0 Å². The number of rotatable bonds is 7. The standard InChI is InChI=1S/C12H19F5O5Si/c1-6-7-21-9(19)10(8(18)20-2,22-23(3,4)5)11(13,14)12(15,16)17/h6-7H2,1-5H3. The van der Waals surface area contributed by atoms with Gasteiger partial charge in [0, 0.05) is 0 Å². The summed E-state index contributed by atoms with van der Waals surface area (Å²) < 4.78 is 79.8. The lowest BCUT2D eigenvalue weighted by Crippen LogP contribution is -2.70. The first-order chi connectivity index (χ1) is 10.2. The van der Waals surface area contributed by atoms with Gasteiger partial charge in [-0.3, -0.25) is 0 Å². The lowest BCUT2D eigenvalue weighted by Gasteiger charge is -2.39. The van der Waals surface area contributed by atoms with E-state index in [4.69, 9.17) is 4.43 Å². The first kappa shape index (κ1) is 21.8. The topological polar surface area (TPSA) is 61.8 Å². The van der Waals surface area contributed by atoms with Crippen LogP contribution in [0.4, 0.5) is 22.0 Å². The molecule has 0 fully saturated rings. The van der Waals surface area contributed by atoms with Crippen molar-refractivity contribution in [2.75, 3.05) is 13.7 Å². The number of alkyl halides is 5. The Hall–Kier alpha value is -1.23. The molecule has 136 valence electrons. The Kier molecular flexibility index (Phi) is 6.73. The van der Waals surface area contributed by atoms with Crippen LogP contribution in [-0.2, 0) is 23.5 Å². The summed E-state index contributed by atoms with van der Waals surface area (Å²) >= 11 is 0.